The van der Waals surface area contributed by atoms with Crippen molar-refractivity contribution in [1.82, 2.24) is 15.5 Å². The molecule has 1 aliphatic carbocycles. The Hall–Kier alpha value is -0.920. The van der Waals surface area contributed by atoms with Gasteiger partial charge in [-0.3, -0.25) is 9.69 Å². The van der Waals surface area contributed by atoms with Gasteiger partial charge in [0.15, 0.2) is 0 Å². The molecule has 1 aromatic rings. The van der Waals surface area contributed by atoms with Gasteiger partial charge in [0.25, 0.3) is 0 Å². The highest BCUT2D eigenvalue weighted by Gasteiger charge is 2.29. The number of carbonyl (C=O) groups excluding carboxylic acids is 1. The van der Waals surface area contributed by atoms with Gasteiger partial charge in [0.1, 0.15) is 11.9 Å². The van der Waals surface area contributed by atoms with Gasteiger partial charge >= 0.3 is 0 Å². The first-order valence-electron chi connectivity index (χ1n) is 10.3. The molecule has 29 heavy (non-hydrogen) atoms. The van der Waals surface area contributed by atoms with Gasteiger partial charge in [-0.1, -0.05) is 37.8 Å². The predicted molar refractivity (Wildman–Crippen MR) is 119 cm³/mol. The second-order valence-corrected chi connectivity index (χ2v) is 7.54. The molecule has 166 valence electrons. The summed E-state index contributed by atoms with van der Waals surface area (Å²) >= 11 is 0. The van der Waals surface area contributed by atoms with Gasteiger partial charge < -0.3 is 15.4 Å². The van der Waals surface area contributed by atoms with Crippen molar-refractivity contribution in [3.05, 3.63) is 35.6 Å². The average molecular weight is 450 g/mol. The van der Waals surface area contributed by atoms with Crippen LogP contribution >= 0.6 is 24.8 Å². The fourth-order valence-electron chi connectivity index (χ4n) is 4.08. The van der Waals surface area contributed by atoms with Gasteiger partial charge in [-0.15, -0.1) is 24.8 Å². The van der Waals surface area contributed by atoms with Crippen molar-refractivity contribution >= 4 is 30.7 Å². The fourth-order valence-corrected chi connectivity index (χ4v) is 4.08. The lowest BCUT2D eigenvalue weighted by molar-refractivity contribution is -0.128. The van der Waals surface area contributed by atoms with E-state index in [-0.39, 0.29) is 36.5 Å². The summed E-state index contributed by atoms with van der Waals surface area (Å²) in [6.07, 6.45) is 7.72. The maximum atomic E-state index is 13.7. The minimum atomic E-state index is -0.470. The van der Waals surface area contributed by atoms with Gasteiger partial charge in [0.05, 0.1) is 13.2 Å². The van der Waals surface area contributed by atoms with E-state index >= 15 is 0 Å². The standard InChI is InChI=1S/C21H32FN3O2.2ClH/c22-18-7-5-6-17(16-18)20(25-12-14-27-15-13-25)21(26)24-11-10-23-19-8-3-1-2-4-9-19;;/h5-7,16,19-20,23H,1-4,8-15H2,(H,24,26);2*1H. The zero-order valence-corrected chi connectivity index (χ0v) is 18.5. The van der Waals surface area contributed by atoms with Crippen molar-refractivity contribution in [1.29, 1.82) is 0 Å². The highest BCUT2D eigenvalue weighted by molar-refractivity contribution is 5.85. The third-order valence-corrected chi connectivity index (χ3v) is 5.54. The summed E-state index contributed by atoms with van der Waals surface area (Å²) < 4.78 is 19.1. The lowest BCUT2D eigenvalue weighted by Gasteiger charge is -2.33. The Morgan fingerprint density at radius 1 is 1.10 bits per heavy atom. The van der Waals surface area contributed by atoms with Crippen LogP contribution in [0.3, 0.4) is 0 Å². The molecule has 2 N–H and O–H groups in total. The third-order valence-electron chi connectivity index (χ3n) is 5.54. The number of halogens is 3. The third kappa shape index (κ3) is 8.38. The molecule has 1 amide bonds. The predicted octanol–water partition coefficient (Wildman–Crippen LogP) is 3.47. The van der Waals surface area contributed by atoms with Crippen LogP contribution in [0.15, 0.2) is 24.3 Å². The molecule has 1 aliphatic heterocycles. The van der Waals surface area contributed by atoms with Crippen molar-refractivity contribution in [3.63, 3.8) is 0 Å². The number of rotatable bonds is 7. The second kappa shape index (κ2) is 14.1. The Balaban J connectivity index is 0.00000210. The van der Waals surface area contributed by atoms with Gasteiger partial charge in [-0.25, -0.2) is 4.39 Å². The summed E-state index contributed by atoms with van der Waals surface area (Å²) in [5.74, 6) is -0.376. The number of ether oxygens (including phenoxy) is 1. The van der Waals surface area contributed by atoms with E-state index in [1.165, 1.54) is 50.7 Å². The van der Waals surface area contributed by atoms with Crippen LogP contribution in [0.25, 0.3) is 0 Å². The number of nitrogens with zero attached hydrogens (tertiary/aromatic N) is 1. The first-order chi connectivity index (χ1) is 13.2. The zero-order valence-electron chi connectivity index (χ0n) is 16.9. The van der Waals surface area contributed by atoms with E-state index in [9.17, 15) is 9.18 Å². The SMILES string of the molecule is Cl.Cl.O=C(NCCNC1CCCCCC1)C(c1cccc(F)c1)N1CCOCC1. The lowest BCUT2D eigenvalue weighted by atomic mass is 10.0. The summed E-state index contributed by atoms with van der Waals surface area (Å²) in [5.41, 5.74) is 0.700. The van der Waals surface area contributed by atoms with Crippen LogP contribution < -0.4 is 10.6 Å². The maximum absolute atomic E-state index is 13.7. The van der Waals surface area contributed by atoms with Crippen LogP contribution in [0.5, 0.6) is 0 Å². The molecule has 2 fully saturated rings. The minimum Gasteiger partial charge on any atom is -0.379 e. The highest BCUT2D eigenvalue weighted by atomic mass is 35.5. The number of amides is 1. The topological polar surface area (TPSA) is 53.6 Å². The van der Waals surface area contributed by atoms with Crippen molar-refractivity contribution in [2.75, 3.05) is 39.4 Å². The Morgan fingerprint density at radius 2 is 1.79 bits per heavy atom. The van der Waals surface area contributed by atoms with Crippen LogP contribution in [-0.2, 0) is 9.53 Å². The van der Waals surface area contributed by atoms with E-state index in [2.05, 4.69) is 15.5 Å². The Morgan fingerprint density at radius 3 is 2.45 bits per heavy atom. The normalized spacial score (nSPS) is 19.3. The van der Waals surface area contributed by atoms with Gasteiger partial charge in [-0.2, -0.15) is 0 Å². The van der Waals surface area contributed by atoms with E-state index < -0.39 is 6.04 Å². The number of benzene rings is 1. The molecule has 1 aromatic carbocycles. The summed E-state index contributed by atoms with van der Waals surface area (Å²) in [7, 11) is 0. The van der Waals surface area contributed by atoms with E-state index in [1.54, 1.807) is 6.07 Å². The second-order valence-electron chi connectivity index (χ2n) is 7.54. The summed E-state index contributed by atoms with van der Waals surface area (Å²) in [5, 5.41) is 6.62. The molecule has 1 atom stereocenters. The van der Waals surface area contributed by atoms with Gasteiger partial charge in [-0.05, 0) is 30.5 Å². The lowest BCUT2D eigenvalue weighted by Crippen LogP contribution is -2.47. The smallest absolute Gasteiger partial charge is 0.242 e. The summed E-state index contributed by atoms with van der Waals surface area (Å²) in [6.45, 7) is 3.91. The molecule has 1 unspecified atom stereocenters. The fraction of sp³-hybridized carbons (Fsp3) is 0.667. The Kier molecular flexibility index (Phi) is 12.7. The van der Waals surface area contributed by atoms with Crippen LogP contribution in [0.4, 0.5) is 4.39 Å². The van der Waals surface area contributed by atoms with Crippen molar-refractivity contribution in [2.45, 2.75) is 50.6 Å². The Bertz CT molecular complexity index is 595. The number of nitrogens with one attached hydrogen (secondary N) is 2. The molecular formula is C21H34Cl2FN3O2. The summed E-state index contributed by atoms with van der Waals surface area (Å²) in [6, 6.07) is 6.47. The molecule has 2 aliphatic rings. The first kappa shape index (κ1) is 26.1. The molecule has 0 radical (unpaired) electrons. The molecule has 1 heterocycles. The number of carbonyl (C=O) groups is 1. The van der Waals surface area contributed by atoms with Crippen LogP contribution in [0, 0.1) is 5.82 Å². The largest absolute Gasteiger partial charge is 0.379 e. The van der Waals surface area contributed by atoms with Crippen molar-refractivity contribution in [3.8, 4) is 0 Å². The molecule has 8 heteroatoms. The Labute approximate surface area is 186 Å². The summed E-state index contributed by atoms with van der Waals surface area (Å²) in [4.78, 5) is 15.0. The van der Waals surface area contributed by atoms with E-state index in [0.717, 1.165) is 6.54 Å². The maximum Gasteiger partial charge on any atom is 0.242 e. The number of hydrogen-bond donors (Lipinski definition) is 2. The van der Waals surface area contributed by atoms with E-state index in [4.69, 9.17) is 4.74 Å². The van der Waals surface area contributed by atoms with Crippen LogP contribution in [0.2, 0.25) is 0 Å². The zero-order chi connectivity index (χ0) is 18.9. The molecular weight excluding hydrogens is 416 g/mol. The minimum absolute atomic E-state index is 0. The number of morpholine rings is 1. The average Bonchev–Trinajstić information content (AvgIpc) is 2.95. The molecule has 0 bridgehead atoms. The number of hydrogen-bond acceptors (Lipinski definition) is 4. The molecule has 3 rings (SSSR count). The van der Waals surface area contributed by atoms with E-state index in [0.29, 0.717) is 44.5 Å². The molecule has 0 spiro atoms. The quantitative estimate of drug-likeness (QED) is 0.494. The van der Waals surface area contributed by atoms with Gasteiger partial charge in [0, 0.05) is 32.2 Å². The molecule has 5 nitrogen and oxygen atoms in total. The molecule has 1 saturated heterocycles. The van der Waals surface area contributed by atoms with Gasteiger partial charge in [0.2, 0.25) is 5.91 Å². The monoisotopic (exact) mass is 449 g/mol. The van der Waals surface area contributed by atoms with Crippen molar-refractivity contribution < 1.29 is 13.9 Å². The molecule has 1 saturated carbocycles. The van der Waals surface area contributed by atoms with Crippen LogP contribution in [-0.4, -0.2) is 56.2 Å². The molecule has 0 aromatic heterocycles. The first-order valence-corrected chi connectivity index (χ1v) is 10.3. The van der Waals surface area contributed by atoms with E-state index in [1.807, 2.05) is 6.07 Å². The highest BCUT2D eigenvalue weighted by Crippen LogP contribution is 2.23. The van der Waals surface area contributed by atoms with Crippen LogP contribution in [0.1, 0.15) is 50.1 Å². The van der Waals surface area contributed by atoms with Crippen molar-refractivity contribution in [2.24, 2.45) is 0 Å².